The van der Waals surface area contributed by atoms with E-state index >= 15 is 0 Å². The molecule has 0 saturated heterocycles. The number of nitrogens with zero attached hydrogens (tertiary/aromatic N) is 1. The minimum absolute atomic E-state index is 0.134. The summed E-state index contributed by atoms with van der Waals surface area (Å²) in [5, 5.41) is 4.23. The number of carbonyl (C=O) groups excluding carboxylic acids is 2. The molecule has 29 heavy (non-hydrogen) atoms. The fourth-order valence-corrected chi connectivity index (χ4v) is 2.86. The molecule has 2 amide bonds. The van der Waals surface area contributed by atoms with Gasteiger partial charge in [0.25, 0.3) is 11.8 Å². The summed E-state index contributed by atoms with van der Waals surface area (Å²) in [5.41, 5.74) is 8.28. The first-order chi connectivity index (χ1) is 13.8. The van der Waals surface area contributed by atoms with E-state index in [1.807, 2.05) is 6.92 Å². The molecule has 2 rings (SSSR count). The van der Waals surface area contributed by atoms with Crippen LogP contribution >= 0.6 is 23.2 Å². The van der Waals surface area contributed by atoms with E-state index in [1.54, 1.807) is 18.2 Å². The molecule has 0 saturated carbocycles. The van der Waals surface area contributed by atoms with Gasteiger partial charge in [-0.15, -0.1) is 0 Å². The van der Waals surface area contributed by atoms with Crippen LogP contribution in [-0.4, -0.2) is 38.4 Å². The van der Waals surface area contributed by atoms with Gasteiger partial charge in [0.1, 0.15) is 0 Å². The van der Waals surface area contributed by atoms with Crippen molar-refractivity contribution in [2.24, 2.45) is 10.8 Å². The Labute approximate surface area is 177 Å². The van der Waals surface area contributed by atoms with Crippen LogP contribution < -0.4 is 25.4 Å². The van der Waals surface area contributed by atoms with Crippen LogP contribution in [0.3, 0.4) is 0 Å². The Hall–Kier alpha value is -2.97. The highest BCUT2D eigenvalue weighted by Crippen LogP contribution is 2.33. The lowest BCUT2D eigenvalue weighted by Gasteiger charge is -2.10. The van der Waals surface area contributed by atoms with Crippen molar-refractivity contribution in [2.45, 2.75) is 6.92 Å². The maximum atomic E-state index is 12.3. The standard InChI is InChI=1S/C19H19Cl2N3O5/c1-3-28-15-5-4-12(8-16(15)27-2)19(26)24-23-9-11-6-13(20)18(14(21)7-11)29-10-17(22)25/h4-9H,3,10H2,1-2H3,(H2,22,25)(H,24,26)/b23-9+. The molecular formula is C19H19Cl2N3O5. The van der Waals surface area contributed by atoms with E-state index in [9.17, 15) is 9.59 Å². The lowest BCUT2D eigenvalue weighted by Crippen LogP contribution is -2.20. The number of amides is 2. The van der Waals surface area contributed by atoms with E-state index in [0.717, 1.165) is 0 Å². The predicted molar refractivity (Wildman–Crippen MR) is 110 cm³/mol. The molecule has 0 aliphatic heterocycles. The van der Waals surface area contributed by atoms with Crippen LogP contribution in [0, 0.1) is 0 Å². The summed E-state index contributed by atoms with van der Waals surface area (Å²) in [6, 6.07) is 7.81. The minimum Gasteiger partial charge on any atom is -0.493 e. The molecule has 2 aromatic carbocycles. The molecule has 0 unspecified atom stereocenters. The van der Waals surface area contributed by atoms with Crippen molar-refractivity contribution in [3.63, 3.8) is 0 Å². The summed E-state index contributed by atoms with van der Waals surface area (Å²) < 4.78 is 15.8. The van der Waals surface area contributed by atoms with Gasteiger partial charge >= 0.3 is 0 Å². The quantitative estimate of drug-likeness (QED) is 0.460. The molecule has 8 nitrogen and oxygen atoms in total. The Morgan fingerprint density at radius 1 is 1.14 bits per heavy atom. The minimum atomic E-state index is -0.656. The zero-order valence-electron chi connectivity index (χ0n) is 15.7. The Kier molecular flexibility index (Phi) is 8.11. The maximum absolute atomic E-state index is 12.3. The molecule has 0 aliphatic rings. The Balaban J connectivity index is 2.07. The number of halogens is 2. The normalized spacial score (nSPS) is 10.6. The number of nitrogens with one attached hydrogen (secondary N) is 1. The Bertz CT molecular complexity index is 911. The van der Waals surface area contributed by atoms with E-state index in [1.165, 1.54) is 25.5 Å². The summed E-state index contributed by atoms with van der Waals surface area (Å²) in [7, 11) is 1.49. The summed E-state index contributed by atoms with van der Waals surface area (Å²) in [6.45, 7) is 1.97. The van der Waals surface area contributed by atoms with Crippen LogP contribution in [0.15, 0.2) is 35.4 Å². The third kappa shape index (κ3) is 6.27. The number of methoxy groups -OCH3 is 1. The Morgan fingerprint density at radius 3 is 2.41 bits per heavy atom. The number of benzene rings is 2. The van der Waals surface area contributed by atoms with Crippen molar-refractivity contribution < 1.29 is 23.8 Å². The van der Waals surface area contributed by atoms with Crippen molar-refractivity contribution in [1.82, 2.24) is 5.43 Å². The van der Waals surface area contributed by atoms with Crippen LogP contribution in [-0.2, 0) is 4.79 Å². The van der Waals surface area contributed by atoms with Gasteiger partial charge in [0.2, 0.25) is 0 Å². The topological polar surface area (TPSA) is 112 Å². The summed E-state index contributed by atoms with van der Waals surface area (Å²) in [6.07, 6.45) is 1.36. The average Bonchev–Trinajstić information content (AvgIpc) is 2.67. The molecule has 10 heteroatoms. The fraction of sp³-hybridized carbons (Fsp3) is 0.211. The van der Waals surface area contributed by atoms with Crippen LogP contribution in [0.1, 0.15) is 22.8 Å². The number of primary amides is 1. The first kappa shape index (κ1) is 22.3. The van der Waals surface area contributed by atoms with Crippen molar-refractivity contribution in [3.05, 3.63) is 51.5 Å². The van der Waals surface area contributed by atoms with Crippen molar-refractivity contribution in [3.8, 4) is 17.2 Å². The number of hydrogen-bond donors (Lipinski definition) is 2. The summed E-state index contributed by atoms with van der Waals surface area (Å²) in [5.74, 6) is 0.0129. The molecule has 0 aliphatic carbocycles. The lowest BCUT2D eigenvalue weighted by atomic mass is 10.2. The van der Waals surface area contributed by atoms with Crippen LogP contribution in [0.2, 0.25) is 10.0 Å². The number of rotatable bonds is 9. The number of ether oxygens (including phenoxy) is 3. The second kappa shape index (κ2) is 10.5. The zero-order chi connectivity index (χ0) is 21.4. The van der Waals surface area contributed by atoms with E-state index < -0.39 is 11.8 Å². The second-order valence-electron chi connectivity index (χ2n) is 5.57. The Morgan fingerprint density at radius 2 is 1.83 bits per heavy atom. The summed E-state index contributed by atoms with van der Waals surface area (Å²) >= 11 is 12.2. The van der Waals surface area contributed by atoms with Gasteiger partial charge in [0, 0.05) is 5.56 Å². The predicted octanol–water partition coefficient (Wildman–Crippen LogP) is 3.03. The van der Waals surface area contributed by atoms with Gasteiger partial charge in [-0.25, -0.2) is 5.43 Å². The molecular weight excluding hydrogens is 421 g/mol. The zero-order valence-corrected chi connectivity index (χ0v) is 17.2. The average molecular weight is 440 g/mol. The number of hydrogen-bond acceptors (Lipinski definition) is 6. The van der Waals surface area contributed by atoms with Gasteiger partial charge in [-0.1, -0.05) is 23.2 Å². The number of carbonyl (C=O) groups is 2. The highest BCUT2D eigenvalue weighted by Gasteiger charge is 2.12. The van der Waals surface area contributed by atoms with Crippen LogP contribution in [0.25, 0.3) is 0 Å². The maximum Gasteiger partial charge on any atom is 0.271 e. The monoisotopic (exact) mass is 439 g/mol. The molecule has 0 atom stereocenters. The largest absolute Gasteiger partial charge is 0.493 e. The molecule has 0 bridgehead atoms. The first-order valence-corrected chi connectivity index (χ1v) is 9.15. The van der Waals surface area contributed by atoms with Gasteiger partial charge in [-0.3, -0.25) is 9.59 Å². The van der Waals surface area contributed by atoms with Crippen LogP contribution in [0.4, 0.5) is 0 Å². The molecule has 154 valence electrons. The van der Waals surface area contributed by atoms with E-state index in [-0.39, 0.29) is 22.4 Å². The summed E-state index contributed by atoms with van der Waals surface area (Å²) in [4.78, 5) is 23.1. The number of nitrogens with two attached hydrogens (primary N) is 1. The third-order valence-electron chi connectivity index (χ3n) is 3.48. The van der Waals surface area contributed by atoms with Gasteiger partial charge < -0.3 is 19.9 Å². The highest BCUT2D eigenvalue weighted by molar-refractivity contribution is 6.37. The van der Waals surface area contributed by atoms with Crippen molar-refractivity contribution in [2.75, 3.05) is 20.3 Å². The third-order valence-corrected chi connectivity index (χ3v) is 4.05. The molecule has 2 aromatic rings. The fourth-order valence-electron chi connectivity index (χ4n) is 2.25. The van der Waals surface area contributed by atoms with Crippen molar-refractivity contribution in [1.29, 1.82) is 0 Å². The lowest BCUT2D eigenvalue weighted by molar-refractivity contribution is -0.119. The molecule has 0 heterocycles. The second-order valence-corrected chi connectivity index (χ2v) is 6.38. The molecule has 0 fully saturated rings. The van der Waals surface area contributed by atoms with E-state index in [0.29, 0.717) is 29.2 Å². The number of hydrazone groups is 1. The van der Waals surface area contributed by atoms with Gasteiger partial charge in [0.15, 0.2) is 23.9 Å². The first-order valence-electron chi connectivity index (χ1n) is 8.40. The smallest absolute Gasteiger partial charge is 0.271 e. The van der Waals surface area contributed by atoms with Crippen molar-refractivity contribution >= 4 is 41.2 Å². The van der Waals surface area contributed by atoms with E-state index in [2.05, 4.69) is 10.5 Å². The van der Waals surface area contributed by atoms with Crippen LogP contribution in [0.5, 0.6) is 17.2 Å². The van der Waals surface area contributed by atoms with Gasteiger partial charge in [0.05, 0.1) is 30.0 Å². The molecule has 3 N–H and O–H groups in total. The van der Waals surface area contributed by atoms with Gasteiger partial charge in [-0.05, 0) is 42.8 Å². The highest BCUT2D eigenvalue weighted by atomic mass is 35.5. The molecule has 0 aromatic heterocycles. The van der Waals surface area contributed by atoms with Gasteiger partial charge in [-0.2, -0.15) is 5.10 Å². The van der Waals surface area contributed by atoms with E-state index in [4.69, 9.17) is 43.1 Å². The SMILES string of the molecule is CCOc1ccc(C(=O)N/N=C/c2cc(Cl)c(OCC(N)=O)c(Cl)c2)cc1OC. The molecule has 0 radical (unpaired) electrons. The molecule has 0 spiro atoms.